The Balaban J connectivity index is 1.86. The molecule has 5 rings (SSSR count). The Morgan fingerprint density at radius 3 is 1.38 bits per heavy atom. The maximum Gasteiger partial charge on any atom is 0.0894 e. The van der Waals surface area contributed by atoms with Gasteiger partial charge in [0.1, 0.15) is 0 Å². The summed E-state index contributed by atoms with van der Waals surface area (Å²) in [5, 5.41) is 0. The number of aromatic amines is 2. The number of nitrogens with one attached hydrogen (secondary N) is 2. The molecule has 2 aliphatic heterocycles. The predicted octanol–water partition coefficient (Wildman–Crippen LogP) is 4.66. The molecule has 0 spiro atoms. The van der Waals surface area contributed by atoms with Crippen molar-refractivity contribution in [3.63, 3.8) is 0 Å². The highest BCUT2D eigenvalue weighted by atomic mass is 14.8. The molecule has 2 N–H and O–H groups in total. The molecular weight excluding hydrogens is 296 g/mol. The second-order valence-corrected chi connectivity index (χ2v) is 5.87. The third kappa shape index (κ3) is 2.34. The maximum atomic E-state index is 4.66. The fourth-order valence-corrected chi connectivity index (χ4v) is 2.92. The zero-order valence-electron chi connectivity index (χ0n) is 12.8. The molecule has 4 nitrogen and oxygen atoms in total. The summed E-state index contributed by atoms with van der Waals surface area (Å²) in [5.41, 5.74) is 7.82. The smallest absolute Gasteiger partial charge is 0.0894 e. The Morgan fingerprint density at radius 2 is 0.917 bits per heavy atom. The van der Waals surface area contributed by atoms with E-state index in [-0.39, 0.29) is 0 Å². The highest BCUT2D eigenvalue weighted by molar-refractivity contribution is 5.81. The normalized spacial score (nSPS) is 12.7. The molecule has 0 atom stereocenters. The Labute approximate surface area is 138 Å². The number of hydrogen-bond donors (Lipinski definition) is 2. The first-order valence-corrected chi connectivity index (χ1v) is 7.85. The van der Waals surface area contributed by atoms with E-state index in [2.05, 4.69) is 56.3 Å². The molecule has 5 heterocycles. The van der Waals surface area contributed by atoms with Gasteiger partial charge in [0.05, 0.1) is 22.8 Å². The summed E-state index contributed by atoms with van der Waals surface area (Å²) < 4.78 is 0. The summed E-state index contributed by atoms with van der Waals surface area (Å²) in [6.45, 7) is 0. The van der Waals surface area contributed by atoms with Gasteiger partial charge in [0.25, 0.3) is 0 Å². The second-order valence-electron chi connectivity index (χ2n) is 5.87. The average Bonchev–Trinajstić information content (AvgIpc) is 3.32. The Hall–Kier alpha value is -3.40. The van der Waals surface area contributed by atoms with Crippen LogP contribution in [0.25, 0.3) is 46.4 Å². The molecule has 0 radical (unpaired) electrons. The van der Waals surface area contributed by atoms with Gasteiger partial charge in [0.2, 0.25) is 0 Å². The van der Waals surface area contributed by atoms with Gasteiger partial charge >= 0.3 is 0 Å². The summed E-state index contributed by atoms with van der Waals surface area (Å²) in [5.74, 6) is 0. The van der Waals surface area contributed by atoms with Crippen molar-refractivity contribution in [1.29, 1.82) is 0 Å². The highest BCUT2D eigenvalue weighted by Crippen LogP contribution is 2.20. The van der Waals surface area contributed by atoms with Gasteiger partial charge in [0.15, 0.2) is 0 Å². The standard InChI is InChI=1S/C20H14N4/c1-2-14-4-6-16(22-14)12-18-8-10-20(24-18)19-9-7-17(23-19)11-15-5-3-13(1)21-15/h1-12,21-22H. The van der Waals surface area contributed by atoms with Crippen LogP contribution in [-0.2, 0) is 0 Å². The lowest BCUT2D eigenvalue weighted by Crippen LogP contribution is -1.81. The largest absolute Gasteiger partial charge is 0.355 e. The van der Waals surface area contributed by atoms with Crippen LogP contribution in [0.3, 0.4) is 0 Å². The second kappa shape index (κ2) is 5.06. The molecule has 0 fully saturated rings. The Kier molecular flexibility index (Phi) is 2.76. The lowest BCUT2D eigenvalue weighted by Gasteiger charge is -1.87. The van der Waals surface area contributed by atoms with Crippen molar-refractivity contribution in [2.24, 2.45) is 0 Å². The van der Waals surface area contributed by atoms with Crippen LogP contribution in [-0.4, -0.2) is 19.9 Å². The predicted molar refractivity (Wildman–Crippen MR) is 98.9 cm³/mol. The van der Waals surface area contributed by atoms with Crippen LogP contribution in [0, 0.1) is 0 Å². The van der Waals surface area contributed by atoms with Crippen LogP contribution in [0.2, 0.25) is 0 Å². The minimum absolute atomic E-state index is 0.895. The zero-order chi connectivity index (χ0) is 15.9. The van der Waals surface area contributed by atoms with Gasteiger partial charge < -0.3 is 9.97 Å². The third-order valence-corrected chi connectivity index (χ3v) is 4.10. The van der Waals surface area contributed by atoms with Crippen molar-refractivity contribution in [1.82, 2.24) is 19.9 Å². The molecule has 0 amide bonds. The SMILES string of the molecule is C1=Cc2nc1cc1ccc(ccc3ccc(cc4nc2C=C4)[nH]3)[nH]1. The summed E-state index contributed by atoms with van der Waals surface area (Å²) in [6.07, 6.45) is 8.04. The molecule has 0 aromatic carbocycles. The van der Waals surface area contributed by atoms with Crippen molar-refractivity contribution < 1.29 is 0 Å². The van der Waals surface area contributed by atoms with E-state index in [1.807, 2.05) is 36.4 Å². The van der Waals surface area contributed by atoms with Crippen molar-refractivity contribution in [2.75, 3.05) is 0 Å². The first-order valence-electron chi connectivity index (χ1n) is 7.85. The number of H-pyrrole nitrogens is 2. The monoisotopic (exact) mass is 310 g/mol. The molecule has 2 aliphatic rings. The van der Waals surface area contributed by atoms with Crippen LogP contribution in [0.1, 0.15) is 22.8 Å². The topological polar surface area (TPSA) is 57.4 Å². The number of aromatic nitrogens is 4. The van der Waals surface area contributed by atoms with Crippen molar-refractivity contribution in [2.45, 2.75) is 0 Å². The summed E-state index contributed by atoms with van der Waals surface area (Å²) in [6, 6.07) is 16.4. The van der Waals surface area contributed by atoms with E-state index in [0.717, 1.165) is 44.8 Å². The van der Waals surface area contributed by atoms with Gasteiger partial charge in [-0.1, -0.05) is 0 Å². The van der Waals surface area contributed by atoms with Crippen LogP contribution in [0.4, 0.5) is 0 Å². The average molecular weight is 310 g/mol. The van der Waals surface area contributed by atoms with Crippen LogP contribution < -0.4 is 0 Å². The van der Waals surface area contributed by atoms with Crippen LogP contribution in [0.15, 0.2) is 48.5 Å². The van der Waals surface area contributed by atoms with Gasteiger partial charge in [-0.3, -0.25) is 0 Å². The molecule has 4 heteroatoms. The summed E-state index contributed by atoms with van der Waals surface area (Å²) >= 11 is 0. The number of rotatable bonds is 0. The lowest BCUT2D eigenvalue weighted by molar-refractivity contribution is 1.23. The molecule has 0 saturated heterocycles. The van der Waals surface area contributed by atoms with E-state index in [1.54, 1.807) is 0 Å². The minimum Gasteiger partial charge on any atom is -0.355 e. The molecule has 24 heavy (non-hydrogen) atoms. The quantitative estimate of drug-likeness (QED) is 0.437. The van der Waals surface area contributed by atoms with E-state index in [9.17, 15) is 0 Å². The number of hydrogen-bond acceptors (Lipinski definition) is 2. The lowest BCUT2D eigenvalue weighted by atomic mass is 10.3. The van der Waals surface area contributed by atoms with E-state index < -0.39 is 0 Å². The van der Waals surface area contributed by atoms with Gasteiger partial charge in [-0.2, -0.15) is 0 Å². The van der Waals surface area contributed by atoms with E-state index in [4.69, 9.17) is 0 Å². The minimum atomic E-state index is 0.895. The van der Waals surface area contributed by atoms with Crippen molar-refractivity contribution in [3.8, 4) is 0 Å². The van der Waals surface area contributed by atoms with Gasteiger partial charge in [-0.25, -0.2) is 9.97 Å². The van der Waals surface area contributed by atoms with E-state index in [1.165, 1.54) is 0 Å². The molecule has 3 aromatic rings. The first kappa shape index (κ1) is 13.1. The molecule has 8 bridgehead atoms. The fourth-order valence-electron chi connectivity index (χ4n) is 2.92. The van der Waals surface area contributed by atoms with Gasteiger partial charge in [-0.15, -0.1) is 0 Å². The maximum absolute atomic E-state index is 4.66. The number of nitrogens with zero attached hydrogens (tertiary/aromatic N) is 2. The number of fused-ring (bicyclic) bond motifs is 9. The molecular formula is C20H14N4. The van der Waals surface area contributed by atoms with Crippen molar-refractivity contribution in [3.05, 3.63) is 71.3 Å². The molecule has 0 saturated carbocycles. The Morgan fingerprint density at radius 1 is 0.500 bits per heavy atom. The van der Waals surface area contributed by atoms with E-state index >= 15 is 0 Å². The molecule has 114 valence electrons. The third-order valence-electron chi connectivity index (χ3n) is 4.10. The summed E-state index contributed by atoms with van der Waals surface area (Å²) in [7, 11) is 0. The Bertz CT molecular complexity index is 1070. The molecule has 0 unspecified atom stereocenters. The van der Waals surface area contributed by atoms with Crippen LogP contribution in [0.5, 0.6) is 0 Å². The first-order chi connectivity index (χ1) is 11.8. The highest BCUT2D eigenvalue weighted by Gasteiger charge is 2.07. The van der Waals surface area contributed by atoms with Crippen LogP contribution >= 0.6 is 0 Å². The summed E-state index contributed by atoms with van der Waals surface area (Å²) in [4.78, 5) is 16.1. The molecule has 3 aromatic heterocycles. The molecule has 0 aliphatic carbocycles. The zero-order valence-corrected chi connectivity index (χ0v) is 12.8. The fraction of sp³-hybridized carbons (Fsp3) is 0. The van der Waals surface area contributed by atoms with Gasteiger partial charge in [0, 0.05) is 22.1 Å². The van der Waals surface area contributed by atoms with Gasteiger partial charge in [-0.05, 0) is 72.8 Å². The van der Waals surface area contributed by atoms with Crippen molar-refractivity contribution >= 4 is 46.4 Å². The van der Waals surface area contributed by atoms with E-state index in [0.29, 0.717) is 0 Å².